The molecular weight excluding hydrogens is 717 g/mol. The van der Waals surface area contributed by atoms with Crippen LogP contribution in [0.5, 0.6) is 0 Å². The highest BCUT2D eigenvalue weighted by atomic mass is 15.1. The van der Waals surface area contributed by atoms with Crippen LogP contribution in [0.2, 0.25) is 0 Å². The third kappa shape index (κ3) is 4.62. The van der Waals surface area contributed by atoms with Gasteiger partial charge in [0.05, 0.1) is 27.6 Å². The number of fused-ring (bicyclic) bond motifs is 6. The first-order valence-corrected chi connectivity index (χ1v) is 20.5. The fourth-order valence-corrected chi connectivity index (χ4v) is 10.0. The number of nitrogens with zero attached hydrogens (tertiary/aromatic N) is 4. The van der Waals surface area contributed by atoms with Crippen LogP contribution >= 0.6 is 0 Å². The maximum Gasteiger partial charge on any atom is 0.165 e. The van der Waals surface area contributed by atoms with E-state index >= 15 is 0 Å². The van der Waals surface area contributed by atoms with Crippen molar-refractivity contribution in [1.82, 2.24) is 19.1 Å². The minimum Gasteiger partial charge on any atom is -0.309 e. The van der Waals surface area contributed by atoms with E-state index in [1.807, 2.05) is 0 Å². The van der Waals surface area contributed by atoms with Crippen molar-refractivity contribution < 1.29 is 0 Å². The van der Waals surface area contributed by atoms with Crippen LogP contribution in [0.15, 0.2) is 164 Å². The number of hydrogen-bond donors (Lipinski definition) is 0. The molecule has 274 valence electrons. The van der Waals surface area contributed by atoms with E-state index in [0.717, 1.165) is 68.6 Å². The van der Waals surface area contributed by atoms with Crippen LogP contribution in [0.25, 0.3) is 110 Å². The van der Waals surface area contributed by atoms with Crippen LogP contribution in [-0.4, -0.2) is 19.1 Å². The topological polar surface area (TPSA) is 35.6 Å². The Bertz CT molecular complexity index is 3810. The molecule has 0 N–H and O–H groups in total. The predicted octanol–water partition coefficient (Wildman–Crippen LogP) is 12.8. The number of rotatable bonds is 4. The zero-order valence-electron chi connectivity index (χ0n) is 32.1. The van der Waals surface area contributed by atoms with Gasteiger partial charge in [-0.1, -0.05) is 139 Å². The smallest absolute Gasteiger partial charge is 0.165 e. The third-order valence-electron chi connectivity index (χ3n) is 12.6. The molecule has 0 atom stereocenters. The monoisotopic (exact) mass is 750 g/mol. The molecule has 2 aliphatic carbocycles. The molecule has 13 rings (SSSR count). The van der Waals surface area contributed by atoms with E-state index in [0.29, 0.717) is 6.42 Å². The Hall–Kier alpha value is -7.74. The van der Waals surface area contributed by atoms with E-state index in [4.69, 9.17) is 9.97 Å². The molecular formula is C55H34N4. The molecule has 11 aromatic rings. The van der Waals surface area contributed by atoms with E-state index in [1.54, 1.807) is 0 Å². The molecule has 0 aliphatic heterocycles. The molecule has 0 saturated heterocycles. The second-order valence-electron chi connectivity index (χ2n) is 15.7. The van der Waals surface area contributed by atoms with Gasteiger partial charge < -0.3 is 4.57 Å². The zero-order valence-corrected chi connectivity index (χ0v) is 32.1. The maximum absolute atomic E-state index is 5.62. The molecule has 8 aromatic carbocycles. The molecule has 2 aliphatic rings. The van der Waals surface area contributed by atoms with Crippen molar-refractivity contribution in [2.45, 2.75) is 19.3 Å². The van der Waals surface area contributed by atoms with Crippen molar-refractivity contribution in [2.24, 2.45) is 0 Å². The van der Waals surface area contributed by atoms with Gasteiger partial charge in [0.25, 0.3) is 0 Å². The molecule has 0 spiro atoms. The lowest BCUT2D eigenvalue weighted by atomic mass is 9.96. The summed E-state index contributed by atoms with van der Waals surface area (Å²) in [6, 6.07) is 52.8. The Morgan fingerprint density at radius 2 is 1.31 bits per heavy atom. The molecule has 4 heteroatoms. The normalized spacial score (nSPS) is 13.7. The van der Waals surface area contributed by atoms with Gasteiger partial charge in [-0.3, -0.25) is 4.57 Å². The Labute approximate surface area is 339 Å². The highest BCUT2D eigenvalue weighted by molar-refractivity contribution is 6.34. The lowest BCUT2D eigenvalue weighted by Gasteiger charge is -2.17. The van der Waals surface area contributed by atoms with Crippen molar-refractivity contribution >= 4 is 87.7 Å². The third-order valence-corrected chi connectivity index (χ3v) is 12.6. The van der Waals surface area contributed by atoms with Crippen molar-refractivity contribution in [3.63, 3.8) is 0 Å². The van der Waals surface area contributed by atoms with Crippen molar-refractivity contribution in [3.05, 3.63) is 180 Å². The first-order valence-electron chi connectivity index (χ1n) is 20.5. The number of aromatic nitrogens is 4. The molecule has 4 nitrogen and oxygen atoms in total. The van der Waals surface area contributed by atoms with Crippen LogP contribution in [0, 0.1) is 11.8 Å². The van der Waals surface area contributed by atoms with E-state index in [2.05, 4.69) is 191 Å². The van der Waals surface area contributed by atoms with Crippen LogP contribution in [0.4, 0.5) is 0 Å². The van der Waals surface area contributed by atoms with Crippen molar-refractivity contribution in [1.29, 1.82) is 0 Å². The summed E-state index contributed by atoms with van der Waals surface area (Å²) in [4.78, 5) is 11.2. The first-order chi connectivity index (χ1) is 29.3. The Morgan fingerprint density at radius 1 is 0.559 bits per heavy atom. The van der Waals surface area contributed by atoms with E-state index in [1.165, 1.54) is 65.1 Å². The van der Waals surface area contributed by atoms with Gasteiger partial charge in [0.1, 0.15) is 11.4 Å². The molecule has 0 radical (unpaired) electrons. The van der Waals surface area contributed by atoms with Gasteiger partial charge >= 0.3 is 0 Å². The van der Waals surface area contributed by atoms with Crippen LogP contribution < -0.4 is 5.22 Å². The molecule has 3 heterocycles. The fourth-order valence-electron chi connectivity index (χ4n) is 10.0. The summed E-state index contributed by atoms with van der Waals surface area (Å²) in [6.07, 6.45) is 11.5. The van der Waals surface area contributed by atoms with Gasteiger partial charge in [0.15, 0.2) is 5.82 Å². The average molecular weight is 751 g/mol. The number of allylic oxidation sites excluding steroid dienone is 4. The van der Waals surface area contributed by atoms with E-state index in [-0.39, 0.29) is 0 Å². The minimum absolute atomic E-state index is 0.651. The summed E-state index contributed by atoms with van der Waals surface area (Å²) in [6.45, 7) is 0. The molecule has 0 unspecified atom stereocenters. The van der Waals surface area contributed by atoms with Crippen molar-refractivity contribution in [2.75, 3.05) is 0 Å². The summed E-state index contributed by atoms with van der Waals surface area (Å²) in [5, 5.41) is 12.0. The lowest BCUT2D eigenvalue weighted by Crippen LogP contribution is -2.09. The molecule has 3 aromatic heterocycles. The van der Waals surface area contributed by atoms with Gasteiger partial charge in [-0.2, -0.15) is 0 Å². The Kier molecular flexibility index (Phi) is 6.79. The quantitative estimate of drug-likeness (QED) is 0.133. The summed E-state index contributed by atoms with van der Waals surface area (Å²) >= 11 is 0. The number of hydrogen-bond acceptors (Lipinski definition) is 2. The Balaban J connectivity index is 1.24. The largest absolute Gasteiger partial charge is 0.309 e. The van der Waals surface area contributed by atoms with Gasteiger partial charge in [-0.25, -0.2) is 9.97 Å². The summed E-state index contributed by atoms with van der Waals surface area (Å²) in [5.74, 6) is 8.12. The fraction of sp³-hybridized carbons (Fsp3) is 0.0545. The highest BCUT2D eigenvalue weighted by Crippen LogP contribution is 2.45. The molecule has 0 amide bonds. The van der Waals surface area contributed by atoms with Gasteiger partial charge in [0, 0.05) is 39.0 Å². The first kappa shape index (κ1) is 32.4. The summed E-state index contributed by atoms with van der Waals surface area (Å²) in [7, 11) is 0. The maximum atomic E-state index is 5.62. The number of benzene rings is 7. The van der Waals surface area contributed by atoms with E-state index in [9.17, 15) is 0 Å². The molecule has 0 fully saturated rings. The van der Waals surface area contributed by atoms with Crippen LogP contribution in [0.3, 0.4) is 0 Å². The lowest BCUT2D eigenvalue weighted by molar-refractivity contribution is 0.985. The Morgan fingerprint density at radius 3 is 2.19 bits per heavy atom. The highest BCUT2D eigenvalue weighted by Gasteiger charge is 2.28. The van der Waals surface area contributed by atoms with Gasteiger partial charge in [-0.05, 0) is 98.6 Å². The second-order valence-corrected chi connectivity index (χ2v) is 15.7. The molecule has 0 saturated carbocycles. The molecule has 0 bridgehead atoms. The zero-order chi connectivity index (χ0) is 38.6. The van der Waals surface area contributed by atoms with Crippen molar-refractivity contribution in [3.8, 4) is 34.5 Å². The average Bonchev–Trinajstić information content (AvgIpc) is 3.72. The minimum atomic E-state index is 0.651. The van der Waals surface area contributed by atoms with Crippen LogP contribution in [-0.2, 0) is 0 Å². The summed E-state index contributed by atoms with van der Waals surface area (Å²) in [5.41, 5.74) is 11.8. The SMILES string of the molecule is C1#Cc2c3c(c4ccccc4c4cccc5c4c4c3c(ccc4n5-c3cccc(-c4ccccc4)c3)n2-c2nc3ccc4ccccc4c3nc2C2=CC=CCC2)=CC1. The standard InChI is InChI=1S/C55H34N4/c1-3-15-34(16-4-1)37-20-13-21-38(33-37)58-45-28-14-26-43-41-24-10-9-23-40(41)42-25-11-12-27-46-50(42)52-48(32-31-47(58)51(52)49(43)45)59(46)55-53(36-18-5-2-6-19-36)57-54-39-22-8-7-17-35(39)29-30-44(54)56-55/h1-5,7-10,13-18,20-26,28-33H,6,11,19H2. The second kappa shape index (κ2) is 12.4. The molecule has 59 heavy (non-hydrogen) atoms. The summed E-state index contributed by atoms with van der Waals surface area (Å²) < 4.78 is 4.82. The van der Waals surface area contributed by atoms with Gasteiger partial charge in [-0.15, -0.1) is 0 Å². The van der Waals surface area contributed by atoms with E-state index < -0.39 is 0 Å². The van der Waals surface area contributed by atoms with Gasteiger partial charge in [0.2, 0.25) is 0 Å². The van der Waals surface area contributed by atoms with Crippen LogP contribution in [0.1, 0.15) is 30.7 Å². The predicted molar refractivity (Wildman–Crippen MR) is 246 cm³/mol.